The van der Waals surface area contributed by atoms with Crippen LogP contribution in [-0.4, -0.2) is 6.79 Å². The Morgan fingerprint density at radius 2 is 2.20 bits per heavy atom. The minimum atomic E-state index is 0.298. The molecule has 3 heteroatoms. The Morgan fingerprint density at radius 3 is 3.00 bits per heavy atom. The number of thiophene rings is 1. The highest BCUT2D eigenvalue weighted by Crippen LogP contribution is 2.34. The van der Waals surface area contributed by atoms with E-state index in [0.29, 0.717) is 6.79 Å². The maximum absolute atomic E-state index is 5.42. The minimum Gasteiger partial charge on any atom is -0.454 e. The van der Waals surface area contributed by atoms with Gasteiger partial charge in [-0.3, -0.25) is 0 Å². The Hall–Kier alpha value is -2.18. The molecule has 2 nitrogen and oxygen atoms in total. The molecule has 0 radical (unpaired) electrons. The molecule has 0 fully saturated rings. The summed E-state index contributed by atoms with van der Waals surface area (Å²) in [5.41, 5.74) is 3.15. The molecule has 0 spiro atoms. The van der Waals surface area contributed by atoms with Gasteiger partial charge in [0.25, 0.3) is 0 Å². The molecule has 2 heterocycles. The quantitative estimate of drug-likeness (QED) is 0.764. The Kier molecular flexibility index (Phi) is 3.76. The monoisotopic (exact) mass is 282 g/mol. The zero-order valence-electron chi connectivity index (χ0n) is 11.2. The van der Waals surface area contributed by atoms with Crippen LogP contribution in [0.15, 0.2) is 41.1 Å². The van der Waals surface area contributed by atoms with Gasteiger partial charge in [0.15, 0.2) is 11.5 Å². The van der Waals surface area contributed by atoms with Crippen molar-refractivity contribution in [1.29, 1.82) is 0 Å². The molecule has 0 unspecified atom stereocenters. The second-order valence-electron chi connectivity index (χ2n) is 4.36. The Bertz CT molecular complexity index is 688. The summed E-state index contributed by atoms with van der Waals surface area (Å²) in [6.45, 7) is 2.41. The fourth-order valence-corrected chi connectivity index (χ4v) is 2.57. The van der Waals surface area contributed by atoms with Gasteiger partial charge in [0.1, 0.15) is 0 Å². The summed E-state index contributed by atoms with van der Waals surface area (Å²) >= 11 is 1.66. The highest BCUT2D eigenvalue weighted by Gasteiger charge is 2.13. The molecule has 100 valence electrons. The maximum atomic E-state index is 5.42. The topological polar surface area (TPSA) is 18.5 Å². The van der Waals surface area contributed by atoms with Gasteiger partial charge in [0.2, 0.25) is 6.79 Å². The standard InChI is InChI=1S/C17H14O2S/c1-2-3-14(5-4-13-8-9-20-11-13)15-6-7-16-17(10-15)19-12-18-16/h3,6-11H,2,12H2,1H3/b14-3+. The lowest BCUT2D eigenvalue weighted by Crippen LogP contribution is -1.92. The molecular weight excluding hydrogens is 268 g/mol. The largest absolute Gasteiger partial charge is 0.454 e. The number of rotatable bonds is 2. The molecule has 0 atom stereocenters. The van der Waals surface area contributed by atoms with Crippen LogP contribution in [-0.2, 0) is 0 Å². The molecular formula is C17H14O2S. The summed E-state index contributed by atoms with van der Waals surface area (Å²) in [6.07, 6.45) is 3.08. The summed E-state index contributed by atoms with van der Waals surface area (Å²) in [7, 11) is 0. The van der Waals surface area contributed by atoms with Crippen molar-refractivity contribution in [1.82, 2.24) is 0 Å². The molecule has 0 saturated carbocycles. The summed E-state index contributed by atoms with van der Waals surface area (Å²) < 4.78 is 10.8. The van der Waals surface area contributed by atoms with Gasteiger partial charge in [0, 0.05) is 16.5 Å². The molecule has 2 aromatic rings. The lowest BCUT2D eigenvalue weighted by atomic mass is 10.0. The lowest BCUT2D eigenvalue weighted by Gasteiger charge is -2.02. The van der Waals surface area contributed by atoms with Gasteiger partial charge < -0.3 is 9.47 Å². The second-order valence-corrected chi connectivity index (χ2v) is 5.14. The number of allylic oxidation sites excluding steroid dienone is 2. The van der Waals surface area contributed by atoms with Crippen LogP contribution in [0.4, 0.5) is 0 Å². The lowest BCUT2D eigenvalue weighted by molar-refractivity contribution is 0.174. The van der Waals surface area contributed by atoms with E-state index in [1.165, 1.54) is 0 Å². The number of fused-ring (bicyclic) bond motifs is 1. The normalized spacial score (nSPS) is 12.9. The number of benzene rings is 1. The van der Waals surface area contributed by atoms with Gasteiger partial charge in [-0.15, -0.1) is 0 Å². The first kappa shape index (κ1) is 12.8. The van der Waals surface area contributed by atoms with Crippen LogP contribution in [0.1, 0.15) is 24.5 Å². The fourth-order valence-electron chi connectivity index (χ4n) is 1.98. The summed E-state index contributed by atoms with van der Waals surface area (Å²) in [6, 6.07) is 7.98. The van der Waals surface area contributed by atoms with Crippen LogP contribution in [0.5, 0.6) is 11.5 Å². The average molecular weight is 282 g/mol. The molecule has 1 aromatic heterocycles. The van der Waals surface area contributed by atoms with E-state index < -0.39 is 0 Å². The average Bonchev–Trinajstić information content (AvgIpc) is 3.13. The molecule has 20 heavy (non-hydrogen) atoms. The fraction of sp³-hybridized carbons (Fsp3) is 0.176. The number of hydrogen-bond acceptors (Lipinski definition) is 3. The van der Waals surface area contributed by atoms with Crippen molar-refractivity contribution in [3.63, 3.8) is 0 Å². The van der Waals surface area contributed by atoms with Crippen molar-refractivity contribution < 1.29 is 9.47 Å². The van der Waals surface area contributed by atoms with Gasteiger partial charge >= 0.3 is 0 Å². The van der Waals surface area contributed by atoms with Gasteiger partial charge in [-0.25, -0.2) is 0 Å². The van der Waals surface area contributed by atoms with Crippen LogP contribution in [0, 0.1) is 11.8 Å². The first-order valence-electron chi connectivity index (χ1n) is 6.51. The van der Waals surface area contributed by atoms with Gasteiger partial charge in [0.05, 0.1) is 0 Å². The molecule has 1 aliphatic rings. The van der Waals surface area contributed by atoms with Gasteiger partial charge in [-0.1, -0.05) is 24.8 Å². The van der Waals surface area contributed by atoms with E-state index in [1.54, 1.807) is 11.3 Å². The molecule has 1 aromatic carbocycles. The second kappa shape index (κ2) is 5.85. The van der Waals surface area contributed by atoms with Crippen LogP contribution >= 0.6 is 11.3 Å². The van der Waals surface area contributed by atoms with E-state index in [1.807, 2.05) is 29.6 Å². The third kappa shape index (κ3) is 2.71. The zero-order valence-corrected chi connectivity index (χ0v) is 12.0. The number of hydrogen-bond donors (Lipinski definition) is 0. The highest BCUT2D eigenvalue weighted by molar-refractivity contribution is 7.08. The van der Waals surface area contributed by atoms with Crippen molar-refractivity contribution >= 4 is 16.9 Å². The Labute approximate surface area is 122 Å². The Morgan fingerprint density at radius 1 is 1.30 bits per heavy atom. The van der Waals surface area contributed by atoms with Crippen LogP contribution in [0.2, 0.25) is 0 Å². The minimum absolute atomic E-state index is 0.298. The van der Waals surface area contributed by atoms with Crippen LogP contribution in [0.3, 0.4) is 0 Å². The van der Waals surface area contributed by atoms with E-state index in [-0.39, 0.29) is 0 Å². The molecule has 0 aliphatic carbocycles. The van der Waals surface area contributed by atoms with Gasteiger partial charge in [-0.05, 0) is 41.6 Å². The zero-order chi connectivity index (χ0) is 13.8. The molecule has 0 N–H and O–H groups in total. The maximum Gasteiger partial charge on any atom is 0.231 e. The number of ether oxygens (including phenoxy) is 2. The smallest absolute Gasteiger partial charge is 0.231 e. The Balaban J connectivity index is 1.93. The first-order chi connectivity index (χ1) is 9.86. The van der Waals surface area contributed by atoms with Crippen molar-refractivity contribution in [3.8, 4) is 23.3 Å². The predicted octanol–water partition coefficient (Wildman–Crippen LogP) is 4.32. The molecule has 0 saturated heterocycles. The first-order valence-corrected chi connectivity index (χ1v) is 7.45. The van der Waals surface area contributed by atoms with E-state index in [2.05, 4.69) is 30.2 Å². The third-order valence-electron chi connectivity index (χ3n) is 2.95. The van der Waals surface area contributed by atoms with E-state index >= 15 is 0 Å². The van der Waals surface area contributed by atoms with Crippen molar-refractivity contribution in [2.24, 2.45) is 0 Å². The van der Waals surface area contributed by atoms with E-state index in [0.717, 1.165) is 34.6 Å². The van der Waals surface area contributed by atoms with Crippen molar-refractivity contribution in [2.45, 2.75) is 13.3 Å². The van der Waals surface area contributed by atoms with Gasteiger partial charge in [-0.2, -0.15) is 11.3 Å². The summed E-state index contributed by atoms with van der Waals surface area (Å²) in [5.74, 6) is 8.04. The van der Waals surface area contributed by atoms with E-state index in [9.17, 15) is 0 Å². The molecule has 3 rings (SSSR count). The van der Waals surface area contributed by atoms with E-state index in [4.69, 9.17) is 9.47 Å². The highest BCUT2D eigenvalue weighted by atomic mass is 32.1. The predicted molar refractivity (Wildman–Crippen MR) is 82.0 cm³/mol. The summed E-state index contributed by atoms with van der Waals surface area (Å²) in [5, 5.41) is 4.09. The SMILES string of the molecule is CC/C=C(\C#Cc1ccsc1)c1ccc2c(c1)OCO2. The van der Waals surface area contributed by atoms with Crippen LogP contribution in [0.25, 0.3) is 5.57 Å². The molecule has 0 amide bonds. The third-order valence-corrected chi connectivity index (χ3v) is 3.64. The summed E-state index contributed by atoms with van der Waals surface area (Å²) in [4.78, 5) is 0. The van der Waals surface area contributed by atoms with Crippen molar-refractivity contribution in [3.05, 3.63) is 52.2 Å². The van der Waals surface area contributed by atoms with Crippen molar-refractivity contribution in [2.75, 3.05) is 6.79 Å². The molecule has 0 bridgehead atoms. The van der Waals surface area contributed by atoms with Crippen LogP contribution < -0.4 is 9.47 Å². The molecule has 1 aliphatic heterocycles.